The van der Waals surface area contributed by atoms with Gasteiger partial charge in [-0.15, -0.1) is 0 Å². The van der Waals surface area contributed by atoms with Crippen molar-refractivity contribution in [2.75, 3.05) is 0 Å². The molecule has 0 N–H and O–H groups in total. The average Bonchev–Trinajstić information content (AvgIpc) is 2.41. The van der Waals surface area contributed by atoms with Gasteiger partial charge in [0.05, 0.1) is 15.5 Å². The third-order valence-corrected chi connectivity index (χ3v) is 3.67. The summed E-state index contributed by atoms with van der Waals surface area (Å²) >= 11 is 6.79. The molecule has 0 saturated heterocycles. The number of non-ortho nitro benzene ring substituents is 1. The quantitative estimate of drug-likeness (QED) is 0.420. The molecule has 0 fully saturated rings. The number of ether oxygens (including phenoxy) is 1. The lowest BCUT2D eigenvalue weighted by atomic mass is 10.2. The van der Waals surface area contributed by atoms with E-state index >= 15 is 0 Å². The van der Waals surface area contributed by atoms with Gasteiger partial charge < -0.3 is 4.74 Å². The maximum absolute atomic E-state index is 10.7. The zero-order valence-electron chi connectivity index (χ0n) is 9.68. The summed E-state index contributed by atoms with van der Waals surface area (Å²) in [6.07, 6.45) is 0. The van der Waals surface area contributed by atoms with E-state index in [1.54, 1.807) is 12.1 Å². The van der Waals surface area contributed by atoms with Gasteiger partial charge in [-0.2, -0.15) is 0 Å². The maximum atomic E-state index is 10.7. The van der Waals surface area contributed by atoms with E-state index in [9.17, 15) is 10.1 Å². The molecule has 4 nitrogen and oxygen atoms in total. The minimum Gasteiger partial charge on any atom is -0.456 e. The molecule has 19 heavy (non-hydrogen) atoms. The highest BCUT2D eigenvalue weighted by Gasteiger charge is 2.08. The van der Waals surface area contributed by atoms with Crippen LogP contribution in [-0.2, 0) is 5.33 Å². The predicted molar refractivity (Wildman–Crippen MR) is 79.9 cm³/mol. The van der Waals surface area contributed by atoms with Crippen molar-refractivity contribution >= 4 is 37.5 Å². The van der Waals surface area contributed by atoms with E-state index in [4.69, 9.17) is 4.74 Å². The summed E-state index contributed by atoms with van der Waals surface area (Å²) in [7, 11) is 0. The molecule has 0 atom stereocenters. The van der Waals surface area contributed by atoms with E-state index in [0.29, 0.717) is 11.5 Å². The summed E-state index contributed by atoms with van der Waals surface area (Å²) in [5.74, 6) is 1.05. The smallest absolute Gasteiger partial charge is 0.273 e. The van der Waals surface area contributed by atoms with E-state index in [1.807, 2.05) is 18.2 Å². The fraction of sp³-hybridized carbons (Fsp3) is 0.0769. The molecular weight excluding hydrogens is 378 g/mol. The molecule has 0 aromatic heterocycles. The van der Waals surface area contributed by atoms with Gasteiger partial charge in [0.2, 0.25) is 0 Å². The van der Waals surface area contributed by atoms with Gasteiger partial charge in [0, 0.05) is 11.4 Å². The summed E-state index contributed by atoms with van der Waals surface area (Å²) in [5, 5.41) is 11.4. The second kappa shape index (κ2) is 6.16. The van der Waals surface area contributed by atoms with Gasteiger partial charge in [-0.25, -0.2) is 0 Å². The molecule has 0 bridgehead atoms. The molecule has 98 valence electrons. The molecule has 6 heteroatoms. The first kappa shape index (κ1) is 14.0. The highest BCUT2D eigenvalue weighted by atomic mass is 79.9. The number of halogens is 2. The van der Waals surface area contributed by atoms with Gasteiger partial charge in [0.15, 0.2) is 0 Å². The van der Waals surface area contributed by atoms with Crippen LogP contribution in [0.2, 0.25) is 0 Å². The van der Waals surface area contributed by atoms with Gasteiger partial charge in [-0.3, -0.25) is 10.1 Å². The van der Waals surface area contributed by atoms with Crippen LogP contribution in [0.15, 0.2) is 46.9 Å². The largest absolute Gasteiger partial charge is 0.456 e. The zero-order chi connectivity index (χ0) is 13.8. The van der Waals surface area contributed by atoms with Crippen molar-refractivity contribution in [1.29, 1.82) is 0 Å². The number of nitro groups is 1. The minimum atomic E-state index is -0.449. The highest BCUT2D eigenvalue weighted by Crippen LogP contribution is 2.32. The van der Waals surface area contributed by atoms with Crippen LogP contribution in [0.1, 0.15) is 5.56 Å². The van der Waals surface area contributed by atoms with E-state index in [2.05, 4.69) is 31.9 Å². The fourth-order valence-corrected chi connectivity index (χ4v) is 2.35. The third-order valence-electron chi connectivity index (χ3n) is 2.41. The lowest BCUT2D eigenvalue weighted by molar-refractivity contribution is -0.384. The van der Waals surface area contributed by atoms with Crippen LogP contribution in [0, 0.1) is 10.1 Å². The van der Waals surface area contributed by atoms with E-state index in [0.717, 1.165) is 15.4 Å². The molecule has 2 aromatic rings. The molecular formula is C13H9Br2NO3. The normalized spacial score (nSPS) is 10.2. The molecule has 0 aliphatic carbocycles. The number of hydrogen-bond acceptors (Lipinski definition) is 3. The van der Waals surface area contributed by atoms with Crippen LogP contribution < -0.4 is 4.74 Å². The van der Waals surface area contributed by atoms with Gasteiger partial charge >= 0.3 is 0 Å². The monoisotopic (exact) mass is 385 g/mol. The third kappa shape index (κ3) is 3.54. The van der Waals surface area contributed by atoms with Gasteiger partial charge in [0.1, 0.15) is 11.5 Å². The summed E-state index contributed by atoms with van der Waals surface area (Å²) < 4.78 is 6.43. The molecule has 2 rings (SSSR count). The molecule has 0 radical (unpaired) electrons. The Morgan fingerprint density at radius 1 is 1.21 bits per heavy atom. The second-order valence-electron chi connectivity index (χ2n) is 3.75. The number of rotatable bonds is 4. The Kier molecular flexibility index (Phi) is 4.55. The van der Waals surface area contributed by atoms with Crippen LogP contribution >= 0.6 is 31.9 Å². The lowest BCUT2D eigenvalue weighted by Crippen LogP contribution is -1.90. The number of nitro benzene ring substituents is 1. The number of alkyl halides is 1. The molecule has 0 unspecified atom stereocenters. The van der Waals surface area contributed by atoms with Crippen molar-refractivity contribution in [3.8, 4) is 11.5 Å². The standard InChI is InChI=1S/C13H9Br2NO3/c14-8-9-4-5-13(12(15)6-9)19-11-3-1-2-10(7-11)16(17)18/h1-7H,8H2. The van der Waals surface area contributed by atoms with Crippen LogP contribution in [0.3, 0.4) is 0 Å². The molecule has 0 saturated carbocycles. The Hall–Kier alpha value is -1.40. The van der Waals surface area contributed by atoms with E-state index in [-0.39, 0.29) is 5.69 Å². The number of hydrogen-bond donors (Lipinski definition) is 0. The summed E-state index contributed by atoms with van der Waals surface area (Å²) in [4.78, 5) is 10.2. The topological polar surface area (TPSA) is 52.4 Å². The second-order valence-corrected chi connectivity index (χ2v) is 5.17. The molecule has 2 aromatic carbocycles. The molecule has 0 aliphatic rings. The van der Waals surface area contributed by atoms with Crippen molar-refractivity contribution in [3.63, 3.8) is 0 Å². The van der Waals surface area contributed by atoms with Crippen LogP contribution in [-0.4, -0.2) is 4.92 Å². The molecule has 0 aliphatic heterocycles. The van der Waals surface area contributed by atoms with Crippen molar-refractivity contribution in [2.45, 2.75) is 5.33 Å². The minimum absolute atomic E-state index is 0.00528. The molecule has 0 spiro atoms. The Morgan fingerprint density at radius 2 is 2.00 bits per heavy atom. The summed E-state index contributed by atoms with van der Waals surface area (Å²) in [5.41, 5.74) is 1.11. The van der Waals surface area contributed by atoms with Crippen LogP contribution in [0.4, 0.5) is 5.69 Å². The first-order chi connectivity index (χ1) is 9.10. The summed E-state index contributed by atoms with van der Waals surface area (Å²) in [6.45, 7) is 0. The Bertz CT molecular complexity index is 617. The fourth-order valence-electron chi connectivity index (χ4n) is 1.50. The van der Waals surface area contributed by atoms with E-state index in [1.165, 1.54) is 12.1 Å². The van der Waals surface area contributed by atoms with Crippen molar-refractivity contribution in [2.24, 2.45) is 0 Å². The van der Waals surface area contributed by atoms with Gasteiger partial charge in [-0.1, -0.05) is 28.1 Å². The Balaban J connectivity index is 2.26. The lowest BCUT2D eigenvalue weighted by Gasteiger charge is -2.08. The summed E-state index contributed by atoms with van der Waals surface area (Å²) in [6, 6.07) is 11.8. The predicted octanol–water partition coefficient (Wildman–Crippen LogP) is 5.04. The van der Waals surface area contributed by atoms with Crippen molar-refractivity contribution < 1.29 is 9.66 Å². The van der Waals surface area contributed by atoms with Crippen LogP contribution in [0.25, 0.3) is 0 Å². The zero-order valence-corrected chi connectivity index (χ0v) is 12.8. The average molecular weight is 387 g/mol. The van der Waals surface area contributed by atoms with Crippen LogP contribution in [0.5, 0.6) is 11.5 Å². The van der Waals surface area contributed by atoms with Gasteiger partial charge in [0.25, 0.3) is 5.69 Å². The first-order valence-electron chi connectivity index (χ1n) is 5.37. The Morgan fingerprint density at radius 3 is 2.63 bits per heavy atom. The maximum Gasteiger partial charge on any atom is 0.273 e. The number of benzene rings is 2. The van der Waals surface area contributed by atoms with Crippen molar-refractivity contribution in [1.82, 2.24) is 0 Å². The van der Waals surface area contributed by atoms with Gasteiger partial charge in [-0.05, 0) is 39.7 Å². The van der Waals surface area contributed by atoms with Crippen molar-refractivity contribution in [3.05, 3.63) is 62.6 Å². The molecule has 0 heterocycles. The highest BCUT2D eigenvalue weighted by molar-refractivity contribution is 9.10. The first-order valence-corrected chi connectivity index (χ1v) is 7.28. The molecule has 0 amide bonds. The Labute approximate surface area is 126 Å². The SMILES string of the molecule is O=[N+]([O-])c1cccc(Oc2ccc(CBr)cc2Br)c1. The number of nitrogens with zero attached hydrogens (tertiary/aromatic N) is 1. The van der Waals surface area contributed by atoms with E-state index < -0.39 is 4.92 Å².